The van der Waals surface area contributed by atoms with Crippen molar-refractivity contribution in [2.24, 2.45) is 0 Å². The second-order valence-corrected chi connectivity index (χ2v) is 18.0. The molecule has 6 N–H and O–H groups in total. The first-order chi connectivity index (χ1) is 28.9. The van der Waals surface area contributed by atoms with Crippen LogP contribution >= 0.6 is 7.82 Å². The van der Waals surface area contributed by atoms with E-state index < -0.39 is 75.7 Å². The molecule has 0 spiro atoms. The largest absolute Gasteiger partial charge is 0.472 e. The predicted molar refractivity (Wildman–Crippen MR) is 235 cm³/mol. The molecule has 0 aromatic rings. The van der Waals surface area contributed by atoms with Gasteiger partial charge in [-0.15, -0.1) is 0 Å². The molecule has 60 heavy (non-hydrogen) atoms. The van der Waals surface area contributed by atoms with E-state index in [0.29, 0.717) is 12.8 Å². The number of ether oxygens (including phenoxy) is 2. The van der Waals surface area contributed by atoms with E-state index in [1.54, 1.807) is 0 Å². The summed E-state index contributed by atoms with van der Waals surface area (Å²) in [5, 5.41) is 50.1. The fourth-order valence-electron chi connectivity index (χ4n) is 7.20. The highest BCUT2D eigenvalue weighted by Gasteiger charge is 2.51. The van der Waals surface area contributed by atoms with Gasteiger partial charge in [0.05, 0.1) is 6.61 Å². The van der Waals surface area contributed by atoms with Gasteiger partial charge in [-0.25, -0.2) is 4.57 Å². The lowest BCUT2D eigenvalue weighted by Gasteiger charge is -2.41. The summed E-state index contributed by atoms with van der Waals surface area (Å²) < 4.78 is 33.5. The zero-order valence-electron chi connectivity index (χ0n) is 37.3. The van der Waals surface area contributed by atoms with Crippen LogP contribution in [0.25, 0.3) is 0 Å². The van der Waals surface area contributed by atoms with E-state index in [0.717, 1.165) is 44.9 Å². The number of aliphatic hydroxyl groups is 5. The van der Waals surface area contributed by atoms with E-state index in [2.05, 4.69) is 38.2 Å². The Labute approximate surface area is 362 Å². The minimum Gasteiger partial charge on any atom is -0.462 e. The van der Waals surface area contributed by atoms with Crippen LogP contribution in [0.15, 0.2) is 24.3 Å². The summed E-state index contributed by atoms with van der Waals surface area (Å²) in [7, 11) is -5.12. The molecule has 0 radical (unpaired) electrons. The van der Waals surface area contributed by atoms with Crippen LogP contribution in [0, 0.1) is 0 Å². The van der Waals surface area contributed by atoms with Gasteiger partial charge in [-0.05, 0) is 44.9 Å². The Morgan fingerprint density at radius 3 is 1.38 bits per heavy atom. The monoisotopic (exact) mass is 877 g/mol. The number of phosphoric acid groups is 1. The molecule has 1 saturated carbocycles. The van der Waals surface area contributed by atoms with Gasteiger partial charge in [0.1, 0.15) is 43.2 Å². The number of aliphatic hydroxyl groups excluding tert-OH is 5. The number of hydrogen-bond acceptors (Lipinski definition) is 12. The predicted octanol–water partition coefficient (Wildman–Crippen LogP) is 9.23. The van der Waals surface area contributed by atoms with Crippen molar-refractivity contribution in [1.82, 2.24) is 0 Å². The van der Waals surface area contributed by atoms with Gasteiger partial charge in [0.15, 0.2) is 6.10 Å². The Bertz CT molecular complexity index is 1150. The Hall–Kier alpha value is -1.67. The quantitative estimate of drug-likeness (QED) is 0.0147. The molecule has 0 amide bonds. The summed E-state index contributed by atoms with van der Waals surface area (Å²) >= 11 is 0. The average Bonchev–Trinajstić information content (AvgIpc) is 3.23. The van der Waals surface area contributed by atoms with Crippen molar-refractivity contribution in [3.05, 3.63) is 24.3 Å². The highest BCUT2D eigenvalue weighted by Crippen LogP contribution is 2.47. The van der Waals surface area contributed by atoms with E-state index in [9.17, 15) is 44.6 Å². The topological polar surface area (TPSA) is 210 Å². The summed E-state index contributed by atoms with van der Waals surface area (Å²) in [4.78, 5) is 35.7. The highest BCUT2D eigenvalue weighted by atomic mass is 31.2. The molecule has 0 bridgehead atoms. The maximum atomic E-state index is 12.8. The van der Waals surface area contributed by atoms with E-state index in [1.165, 1.54) is 116 Å². The first kappa shape index (κ1) is 56.3. The molecule has 14 heteroatoms. The minimum absolute atomic E-state index is 0.0570. The van der Waals surface area contributed by atoms with Gasteiger partial charge in [-0.1, -0.05) is 167 Å². The molecule has 13 nitrogen and oxygen atoms in total. The van der Waals surface area contributed by atoms with Crippen LogP contribution in [0.2, 0.25) is 0 Å². The molecule has 1 rings (SSSR count). The number of allylic oxidation sites excluding steroid dienone is 4. The molecule has 6 unspecified atom stereocenters. The molecule has 1 aliphatic rings. The third-order valence-electron chi connectivity index (χ3n) is 11.0. The molecule has 0 aromatic heterocycles. The lowest BCUT2D eigenvalue weighted by Crippen LogP contribution is -2.64. The van der Waals surface area contributed by atoms with Gasteiger partial charge >= 0.3 is 19.8 Å². The van der Waals surface area contributed by atoms with E-state index in [-0.39, 0.29) is 12.8 Å². The van der Waals surface area contributed by atoms with E-state index >= 15 is 0 Å². The summed E-state index contributed by atoms with van der Waals surface area (Å²) in [6.45, 7) is 3.28. The first-order valence-electron chi connectivity index (χ1n) is 23.6. The van der Waals surface area contributed by atoms with Gasteiger partial charge < -0.3 is 39.9 Å². The van der Waals surface area contributed by atoms with Crippen molar-refractivity contribution in [1.29, 1.82) is 0 Å². The zero-order valence-corrected chi connectivity index (χ0v) is 38.2. The van der Waals surface area contributed by atoms with Crippen LogP contribution in [-0.2, 0) is 32.7 Å². The Morgan fingerprint density at radius 1 is 0.517 bits per heavy atom. The van der Waals surface area contributed by atoms with Crippen molar-refractivity contribution in [3.8, 4) is 0 Å². The highest BCUT2D eigenvalue weighted by molar-refractivity contribution is 7.47. The molecule has 8 atom stereocenters. The Morgan fingerprint density at radius 2 is 0.900 bits per heavy atom. The fourth-order valence-corrected chi connectivity index (χ4v) is 8.17. The SMILES string of the molecule is CCCCCCCC/C=C/C/C=C/CCCCC(=O)O[C@@H](COC(=O)CCCCCCCCCCCCCCCCCC)COP(=O)(O)OC1C(O)C(O)C(O)[C@H](O)C1O. The molecule has 0 heterocycles. The summed E-state index contributed by atoms with van der Waals surface area (Å²) in [6, 6.07) is 0. The standard InChI is InChI=1S/C46H85O13P/c1-3-5-7-9-11-13-15-17-19-21-22-24-26-28-30-32-34-39(47)56-36-38(37-57-60(54,55)59-46-44(52)42(50)41(49)43(51)45(46)53)58-40(48)35-33-31-29-27-25-23-20-18-16-14-12-10-8-6-4-2/h18,20,25,27,38,41-46,49-53H,3-17,19,21-24,26,28-37H2,1-2H3,(H,54,55)/b20-18+,27-25+/t38-,41?,42-,43?,44?,45?,46?/m0/s1. The zero-order chi connectivity index (χ0) is 44.3. The van der Waals surface area contributed by atoms with Crippen LogP contribution in [0.4, 0.5) is 0 Å². The van der Waals surface area contributed by atoms with Crippen molar-refractivity contribution < 1.29 is 63.1 Å². The number of esters is 2. The lowest BCUT2D eigenvalue weighted by atomic mass is 9.85. The molecule has 0 aromatic carbocycles. The van der Waals surface area contributed by atoms with Crippen molar-refractivity contribution in [2.45, 2.75) is 243 Å². The van der Waals surface area contributed by atoms with Crippen LogP contribution in [0.5, 0.6) is 0 Å². The number of unbranched alkanes of at least 4 members (excludes halogenated alkanes) is 23. The second kappa shape index (κ2) is 36.8. The average molecular weight is 877 g/mol. The Balaban J connectivity index is 2.46. The molecular formula is C46H85O13P. The smallest absolute Gasteiger partial charge is 0.462 e. The summed E-state index contributed by atoms with van der Waals surface area (Å²) in [5.41, 5.74) is 0. The number of carbonyl (C=O) groups excluding carboxylic acids is 2. The first-order valence-corrected chi connectivity index (χ1v) is 25.1. The molecular weight excluding hydrogens is 791 g/mol. The molecule has 0 aliphatic heterocycles. The third-order valence-corrected chi connectivity index (χ3v) is 12.0. The van der Waals surface area contributed by atoms with Crippen LogP contribution in [0.1, 0.15) is 200 Å². The van der Waals surface area contributed by atoms with Crippen LogP contribution < -0.4 is 0 Å². The van der Waals surface area contributed by atoms with Crippen LogP contribution in [0.3, 0.4) is 0 Å². The van der Waals surface area contributed by atoms with Crippen molar-refractivity contribution >= 4 is 19.8 Å². The van der Waals surface area contributed by atoms with E-state index in [4.69, 9.17) is 18.5 Å². The fraction of sp³-hybridized carbons (Fsp3) is 0.870. The number of carbonyl (C=O) groups is 2. The molecule has 1 fully saturated rings. The van der Waals surface area contributed by atoms with Gasteiger partial charge in [-0.2, -0.15) is 0 Å². The molecule has 352 valence electrons. The van der Waals surface area contributed by atoms with Crippen molar-refractivity contribution in [3.63, 3.8) is 0 Å². The van der Waals surface area contributed by atoms with Gasteiger partial charge in [0.25, 0.3) is 0 Å². The number of hydrogen-bond donors (Lipinski definition) is 6. The maximum absolute atomic E-state index is 12.8. The number of phosphoric ester groups is 1. The van der Waals surface area contributed by atoms with Crippen LogP contribution in [-0.4, -0.2) is 98.3 Å². The molecule has 0 saturated heterocycles. The summed E-state index contributed by atoms with van der Waals surface area (Å²) in [6.07, 6.45) is 26.6. The van der Waals surface area contributed by atoms with Gasteiger partial charge in [-0.3, -0.25) is 18.6 Å². The summed E-state index contributed by atoms with van der Waals surface area (Å²) in [5.74, 6) is -1.13. The van der Waals surface area contributed by atoms with Gasteiger partial charge in [0, 0.05) is 12.8 Å². The minimum atomic E-state index is -5.12. The Kier molecular flexibility index (Phi) is 34.5. The normalized spacial score (nSPS) is 22.3. The van der Waals surface area contributed by atoms with Crippen molar-refractivity contribution in [2.75, 3.05) is 13.2 Å². The second-order valence-electron chi connectivity index (χ2n) is 16.6. The molecule has 1 aliphatic carbocycles. The van der Waals surface area contributed by atoms with E-state index in [1.807, 2.05) is 0 Å². The maximum Gasteiger partial charge on any atom is 0.472 e. The van der Waals surface area contributed by atoms with Gasteiger partial charge in [0.2, 0.25) is 0 Å². The lowest BCUT2D eigenvalue weighted by molar-refractivity contribution is -0.220. The number of rotatable bonds is 39. The third kappa shape index (κ3) is 28.8.